The zero-order valence-corrected chi connectivity index (χ0v) is 12.8. The van der Waals surface area contributed by atoms with Crippen LogP contribution < -0.4 is 5.32 Å². The Hall–Kier alpha value is -1.68. The van der Waals surface area contributed by atoms with Crippen LogP contribution in [0.25, 0.3) is 0 Å². The Morgan fingerprint density at radius 3 is 2.50 bits per heavy atom. The van der Waals surface area contributed by atoms with Crippen molar-refractivity contribution in [3.05, 3.63) is 47.5 Å². The number of likely N-dealkylation sites (N-methyl/N-ethyl adjacent to an activating group) is 1. The summed E-state index contributed by atoms with van der Waals surface area (Å²) in [5, 5.41) is 7.86. The molecule has 1 N–H and O–H groups in total. The van der Waals surface area contributed by atoms with Gasteiger partial charge in [-0.05, 0) is 32.9 Å². The second kappa shape index (κ2) is 6.66. The highest BCUT2D eigenvalue weighted by molar-refractivity contribution is 5.24. The second-order valence-corrected chi connectivity index (χ2v) is 5.44. The third-order valence-corrected chi connectivity index (χ3v) is 3.45. The van der Waals surface area contributed by atoms with E-state index in [9.17, 15) is 0 Å². The molecule has 0 saturated heterocycles. The molecule has 0 radical (unpaired) electrons. The molecule has 1 atom stereocenters. The average molecular weight is 272 g/mol. The topological polar surface area (TPSA) is 42.7 Å². The minimum atomic E-state index is 0.280. The van der Waals surface area contributed by atoms with Gasteiger partial charge in [0.1, 0.15) is 12.2 Å². The number of nitrogens with one attached hydrogen (secondary N) is 1. The van der Waals surface area contributed by atoms with Crippen LogP contribution in [0.1, 0.15) is 49.8 Å². The largest absolute Gasteiger partial charge is 0.310 e. The van der Waals surface area contributed by atoms with E-state index in [1.807, 2.05) is 4.68 Å². The van der Waals surface area contributed by atoms with Gasteiger partial charge in [-0.1, -0.05) is 36.8 Å². The minimum Gasteiger partial charge on any atom is -0.310 e. The van der Waals surface area contributed by atoms with Crippen LogP contribution in [0.5, 0.6) is 0 Å². The Labute approximate surface area is 121 Å². The summed E-state index contributed by atoms with van der Waals surface area (Å²) in [6, 6.07) is 9.33. The van der Waals surface area contributed by atoms with Gasteiger partial charge in [0.25, 0.3) is 0 Å². The van der Waals surface area contributed by atoms with Crippen LogP contribution in [0, 0.1) is 6.92 Å². The third-order valence-electron chi connectivity index (χ3n) is 3.45. The molecule has 2 rings (SSSR count). The maximum atomic E-state index is 4.41. The molecule has 108 valence electrons. The lowest BCUT2D eigenvalue weighted by atomic mass is 10.0. The number of nitrogens with zero attached hydrogens (tertiary/aromatic N) is 3. The van der Waals surface area contributed by atoms with Gasteiger partial charge in [-0.3, -0.25) is 0 Å². The van der Waals surface area contributed by atoms with Crippen molar-refractivity contribution in [3.8, 4) is 0 Å². The molecule has 0 aliphatic carbocycles. The fourth-order valence-corrected chi connectivity index (χ4v) is 2.39. The van der Waals surface area contributed by atoms with Crippen LogP contribution in [-0.4, -0.2) is 21.3 Å². The summed E-state index contributed by atoms with van der Waals surface area (Å²) in [6.45, 7) is 9.45. The van der Waals surface area contributed by atoms with Gasteiger partial charge >= 0.3 is 0 Å². The summed E-state index contributed by atoms with van der Waals surface area (Å²) in [4.78, 5) is 4.41. The van der Waals surface area contributed by atoms with Crippen LogP contribution in [-0.2, 0) is 6.42 Å². The summed E-state index contributed by atoms with van der Waals surface area (Å²) in [5.41, 5.74) is 2.59. The second-order valence-electron chi connectivity index (χ2n) is 5.44. The van der Waals surface area contributed by atoms with Crippen molar-refractivity contribution in [2.45, 2.75) is 46.2 Å². The summed E-state index contributed by atoms with van der Waals surface area (Å²) < 4.78 is 2.00. The van der Waals surface area contributed by atoms with Crippen LogP contribution in [0.3, 0.4) is 0 Å². The van der Waals surface area contributed by atoms with E-state index in [0.29, 0.717) is 6.04 Å². The molecule has 0 aliphatic rings. The fourth-order valence-electron chi connectivity index (χ4n) is 2.39. The van der Waals surface area contributed by atoms with Crippen molar-refractivity contribution in [1.82, 2.24) is 20.1 Å². The van der Waals surface area contributed by atoms with Gasteiger partial charge in [-0.25, -0.2) is 9.67 Å². The highest BCUT2D eigenvalue weighted by atomic mass is 15.3. The van der Waals surface area contributed by atoms with Gasteiger partial charge < -0.3 is 5.32 Å². The van der Waals surface area contributed by atoms with Gasteiger partial charge in [0, 0.05) is 18.5 Å². The molecule has 0 spiro atoms. The smallest absolute Gasteiger partial charge is 0.138 e. The first kappa shape index (κ1) is 14.7. The molecule has 0 bridgehead atoms. The SMILES string of the molecule is CCNC(Cc1ncnn1C(C)C)c1ccc(C)cc1. The lowest BCUT2D eigenvalue weighted by Gasteiger charge is -2.19. The van der Waals surface area contributed by atoms with Gasteiger partial charge in [-0.2, -0.15) is 5.10 Å². The quantitative estimate of drug-likeness (QED) is 0.879. The normalized spacial score (nSPS) is 12.8. The van der Waals surface area contributed by atoms with E-state index in [0.717, 1.165) is 18.8 Å². The Kier molecular flexibility index (Phi) is 4.90. The van der Waals surface area contributed by atoms with E-state index in [-0.39, 0.29) is 6.04 Å². The zero-order chi connectivity index (χ0) is 14.5. The summed E-state index contributed by atoms with van der Waals surface area (Å²) in [6.07, 6.45) is 2.50. The molecule has 1 heterocycles. The molecule has 1 aromatic carbocycles. The van der Waals surface area contributed by atoms with Gasteiger partial charge in [-0.15, -0.1) is 0 Å². The molecular formula is C16H24N4. The van der Waals surface area contributed by atoms with Crippen molar-refractivity contribution in [1.29, 1.82) is 0 Å². The monoisotopic (exact) mass is 272 g/mol. The van der Waals surface area contributed by atoms with Crippen LogP contribution in [0.15, 0.2) is 30.6 Å². The van der Waals surface area contributed by atoms with Crippen molar-refractivity contribution >= 4 is 0 Å². The number of aromatic nitrogens is 3. The molecule has 1 unspecified atom stereocenters. The van der Waals surface area contributed by atoms with Crippen molar-refractivity contribution in [2.24, 2.45) is 0 Å². The Morgan fingerprint density at radius 2 is 1.90 bits per heavy atom. The van der Waals surface area contributed by atoms with E-state index in [4.69, 9.17) is 0 Å². The maximum Gasteiger partial charge on any atom is 0.138 e. The average Bonchev–Trinajstić information content (AvgIpc) is 2.87. The molecule has 4 heteroatoms. The van der Waals surface area contributed by atoms with E-state index in [2.05, 4.69) is 67.4 Å². The van der Waals surface area contributed by atoms with Gasteiger partial charge in [0.15, 0.2) is 0 Å². The predicted octanol–water partition coefficient (Wildman–Crippen LogP) is 3.06. The first-order valence-electron chi connectivity index (χ1n) is 7.30. The van der Waals surface area contributed by atoms with E-state index >= 15 is 0 Å². The van der Waals surface area contributed by atoms with Gasteiger partial charge in [0.2, 0.25) is 0 Å². The van der Waals surface area contributed by atoms with Crippen molar-refractivity contribution in [3.63, 3.8) is 0 Å². The Balaban J connectivity index is 2.21. The van der Waals surface area contributed by atoms with E-state index in [1.54, 1.807) is 6.33 Å². The summed E-state index contributed by atoms with van der Waals surface area (Å²) in [5.74, 6) is 1.03. The third kappa shape index (κ3) is 3.45. The lowest BCUT2D eigenvalue weighted by Crippen LogP contribution is -2.24. The van der Waals surface area contributed by atoms with Crippen molar-refractivity contribution in [2.75, 3.05) is 6.54 Å². The lowest BCUT2D eigenvalue weighted by molar-refractivity contribution is 0.468. The summed E-state index contributed by atoms with van der Waals surface area (Å²) in [7, 11) is 0. The molecule has 0 fully saturated rings. The number of benzene rings is 1. The van der Waals surface area contributed by atoms with Gasteiger partial charge in [0.05, 0.1) is 0 Å². The molecule has 0 amide bonds. The van der Waals surface area contributed by atoms with Crippen molar-refractivity contribution < 1.29 is 0 Å². The minimum absolute atomic E-state index is 0.280. The number of hydrogen-bond acceptors (Lipinski definition) is 3. The molecular weight excluding hydrogens is 248 g/mol. The standard InChI is InChI=1S/C16H24N4/c1-5-17-15(14-8-6-13(4)7-9-14)10-16-18-11-19-20(16)12(2)3/h6-9,11-12,15,17H,5,10H2,1-4H3. The van der Waals surface area contributed by atoms with E-state index < -0.39 is 0 Å². The molecule has 0 aliphatic heterocycles. The fraction of sp³-hybridized carbons (Fsp3) is 0.500. The summed E-state index contributed by atoms with van der Waals surface area (Å²) >= 11 is 0. The molecule has 4 nitrogen and oxygen atoms in total. The Bertz CT molecular complexity index is 528. The zero-order valence-electron chi connectivity index (χ0n) is 12.8. The molecule has 0 saturated carbocycles. The Morgan fingerprint density at radius 1 is 1.20 bits per heavy atom. The van der Waals surface area contributed by atoms with Crippen LogP contribution in [0.4, 0.5) is 0 Å². The number of hydrogen-bond donors (Lipinski definition) is 1. The highest BCUT2D eigenvalue weighted by Crippen LogP contribution is 2.19. The number of rotatable bonds is 6. The van der Waals surface area contributed by atoms with E-state index in [1.165, 1.54) is 11.1 Å². The highest BCUT2D eigenvalue weighted by Gasteiger charge is 2.16. The molecule has 1 aromatic heterocycles. The predicted molar refractivity (Wildman–Crippen MR) is 81.7 cm³/mol. The van der Waals surface area contributed by atoms with Crippen LogP contribution in [0.2, 0.25) is 0 Å². The number of aryl methyl sites for hydroxylation is 1. The first-order chi connectivity index (χ1) is 9.61. The van der Waals surface area contributed by atoms with Crippen LogP contribution >= 0.6 is 0 Å². The molecule has 2 aromatic rings. The maximum absolute atomic E-state index is 4.41. The first-order valence-corrected chi connectivity index (χ1v) is 7.30. The molecule has 20 heavy (non-hydrogen) atoms.